The van der Waals surface area contributed by atoms with Crippen LogP contribution in [0.2, 0.25) is 0 Å². The number of nitrogens with one attached hydrogen (secondary N) is 1. The van der Waals surface area contributed by atoms with E-state index in [-0.39, 0.29) is 18.0 Å². The van der Waals surface area contributed by atoms with E-state index < -0.39 is 0 Å². The average Bonchev–Trinajstić information content (AvgIpc) is 3.54. The van der Waals surface area contributed by atoms with Gasteiger partial charge in [-0.3, -0.25) is 0 Å². The Kier molecular flexibility index (Phi) is 4.98. The zero-order chi connectivity index (χ0) is 23.2. The first-order valence-corrected chi connectivity index (χ1v) is 11.8. The van der Waals surface area contributed by atoms with Crippen molar-refractivity contribution in [1.82, 2.24) is 24.8 Å². The minimum atomic E-state index is 0.0145. The smallest absolute Gasteiger partial charge is 0.317 e. The molecule has 1 fully saturated rings. The number of carbonyl (C=O) groups is 1. The van der Waals surface area contributed by atoms with Crippen molar-refractivity contribution >= 4 is 17.1 Å². The molecule has 4 heterocycles. The van der Waals surface area contributed by atoms with Gasteiger partial charge in [0.1, 0.15) is 5.82 Å². The SMILES string of the molecule is CCNC(=O)N1C[C@H]2[C@@H](C1)c1nc3ccc(-c4ccc(OC)nc4)cc3n1[C@H]2c1ccccc1. The van der Waals surface area contributed by atoms with Crippen LogP contribution in [0.15, 0.2) is 66.9 Å². The molecule has 34 heavy (non-hydrogen) atoms. The van der Waals surface area contributed by atoms with Gasteiger partial charge in [-0.1, -0.05) is 36.4 Å². The van der Waals surface area contributed by atoms with Crippen molar-refractivity contribution in [2.75, 3.05) is 26.7 Å². The summed E-state index contributed by atoms with van der Waals surface area (Å²) < 4.78 is 7.62. The number of hydrogen-bond donors (Lipinski definition) is 1. The van der Waals surface area contributed by atoms with Crippen molar-refractivity contribution in [3.05, 3.63) is 78.2 Å². The molecule has 2 aliphatic rings. The second-order valence-electron chi connectivity index (χ2n) is 9.00. The third-order valence-electron chi connectivity index (χ3n) is 7.13. The van der Waals surface area contributed by atoms with Crippen LogP contribution in [0.1, 0.15) is 30.3 Å². The van der Waals surface area contributed by atoms with E-state index in [4.69, 9.17) is 9.72 Å². The molecule has 0 spiro atoms. The standard InChI is InChI=1S/C27H27N5O2/c1-3-28-27(33)31-15-20-21(16-31)26-30-22-11-9-18(19-10-12-24(34-2)29-14-19)13-23(22)32(26)25(20)17-7-5-4-6-8-17/h4-14,20-21,25H,3,15-16H2,1-2H3,(H,28,33)/t20-,21+,25-/m0/s1. The highest BCUT2D eigenvalue weighted by molar-refractivity contribution is 5.83. The van der Waals surface area contributed by atoms with Crippen LogP contribution in [0.5, 0.6) is 5.88 Å². The Bertz CT molecular complexity index is 1350. The van der Waals surface area contributed by atoms with Crippen LogP contribution in [0.25, 0.3) is 22.2 Å². The Labute approximate surface area is 198 Å². The molecule has 1 saturated heterocycles. The molecule has 2 aliphatic heterocycles. The summed E-state index contributed by atoms with van der Waals surface area (Å²) in [5, 5.41) is 2.96. The van der Waals surface area contributed by atoms with Gasteiger partial charge < -0.3 is 19.5 Å². The van der Waals surface area contributed by atoms with E-state index in [1.54, 1.807) is 7.11 Å². The number of nitrogens with zero attached hydrogens (tertiary/aromatic N) is 4. The molecular weight excluding hydrogens is 426 g/mol. The Balaban J connectivity index is 1.46. The normalized spacial score (nSPS) is 20.9. The largest absolute Gasteiger partial charge is 0.481 e. The monoisotopic (exact) mass is 453 g/mol. The molecule has 0 radical (unpaired) electrons. The first-order valence-electron chi connectivity index (χ1n) is 11.8. The lowest BCUT2D eigenvalue weighted by molar-refractivity contribution is 0.205. The van der Waals surface area contributed by atoms with Crippen LogP contribution in [0, 0.1) is 5.92 Å². The van der Waals surface area contributed by atoms with Crippen LogP contribution >= 0.6 is 0 Å². The fraction of sp³-hybridized carbons (Fsp3) is 0.296. The number of methoxy groups -OCH3 is 1. The van der Waals surface area contributed by atoms with Gasteiger partial charge in [-0.15, -0.1) is 0 Å². The maximum absolute atomic E-state index is 12.6. The molecule has 2 aromatic carbocycles. The molecule has 2 aromatic heterocycles. The number of imidazole rings is 1. The van der Waals surface area contributed by atoms with E-state index in [1.807, 2.05) is 36.2 Å². The molecule has 2 amide bonds. The number of pyridine rings is 1. The molecule has 7 nitrogen and oxygen atoms in total. The van der Waals surface area contributed by atoms with E-state index in [9.17, 15) is 4.79 Å². The van der Waals surface area contributed by atoms with Crippen LogP contribution in [0.4, 0.5) is 4.79 Å². The Morgan fingerprint density at radius 2 is 1.91 bits per heavy atom. The minimum absolute atomic E-state index is 0.0145. The van der Waals surface area contributed by atoms with Gasteiger partial charge >= 0.3 is 6.03 Å². The number of carbonyl (C=O) groups excluding carboxylic acids is 1. The molecule has 172 valence electrons. The summed E-state index contributed by atoms with van der Waals surface area (Å²) in [5.74, 6) is 2.18. The third-order valence-corrected chi connectivity index (χ3v) is 7.13. The van der Waals surface area contributed by atoms with Gasteiger partial charge in [-0.2, -0.15) is 0 Å². The van der Waals surface area contributed by atoms with E-state index in [2.05, 4.69) is 57.3 Å². The van der Waals surface area contributed by atoms with Crippen molar-refractivity contribution in [3.63, 3.8) is 0 Å². The molecular formula is C27H27N5O2. The molecule has 0 saturated carbocycles. The van der Waals surface area contributed by atoms with Crippen molar-refractivity contribution in [2.45, 2.75) is 18.9 Å². The van der Waals surface area contributed by atoms with E-state index in [1.165, 1.54) is 5.56 Å². The van der Waals surface area contributed by atoms with Crippen LogP contribution in [-0.4, -0.2) is 52.2 Å². The highest BCUT2D eigenvalue weighted by atomic mass is 16.5. The van der Waals surface area contributed by atoms with E-state index in [0.717, 1.165) is 34.5 Å². The van der Waals surface area contributed by atoms with Crippen molar-refractivity contribution in [1.29, 1.82) is 0 Å². The highest BCUT2D eigenvalue weighted by Gasteiger charge is 2.49. The first kappa shape index (κ1) is 20.7. The summed E-state index contributed by atoms with van der Waals surface area (Å²) in [6, 6.07) is 21.1. The molecule has 0 bridgehead atoms. The Morgan fingerprint density at radius 1 is 1.09 bits per heavy atom. The Hall–Kier alpha value is -3.87. The number of aromatic nitrogens is 3. The lowest BCUT2D eigenvalue weighted by Gasteiger charge is -2.24. The minimum Gasteiger partial charge on any atom is -0.481 e. The van der Waals surface area contributed by atoms with Gasteiger partial charge in [-0.25, -0.2) is 14.8 Å². The number of hydrogen-bond acceptors (Lipinski definition) is 4. The number of likely N-dealkylation sites (tertiary alicyclic amines) is 1. The highest BCUT2D eigenvalue weighted by Crippen LogP contribution is 2.50. The van der Waals surface area contributed by atoms with Gasteiger partial charge in [0.15, 0.2) is 0 Å². The summed E-state index contributed by atoms with van der Waals surface area (Å²) in [7, 11) is 1.62. The summed E-state index contributed by atoms with van der Waals surface area (Å²) in [5.41, 5.74) is 5.49. The molecule has 1 N–H and O–H groups in total. The molecule has 0 unspecified atom stereocenters. The van der Waals surface area contributed by atoms with E-state index in [0.29, 0.717) is 24.9 Å². The molecule has 6 rings (SSSR count). The number of fused-ring (bicyclic) bond motifs is 5. The quantitative estimate of drug-likeness (QED) is 0.495. The number of rotatable bonds is 4. The van der Waals surface area contributed by atoms with Gasteiger partial charge in [0.25, 0.3) is 0 Å². The van der Waals surface area contributed by atoms with Crippen molar-refractivity contribution in [2.24, 2.45) is 5.92 Å². The summed E-state index contributed by atoms with van der Waals surface area (Å²) in [6.45, 7) is 4.01. The fourth-order valence-corrected chi connectivity index (χ4v) is 5.61. The molecule has 7 heteroatoms. The molecule has 0 aliphatic carbocycles. The topological polar surface area (TPSA) is 72.3 Å². The maximum atomic E-state index is 12.6. The number of amides is 2. The summed E-state index contributed by atoms with van der Waals surface area (Å²) in [6.07, 6.45) is 1.84. The van der Waals surface area contributed by atoms with Crippen LogP contribution in [0.3, 0.4) is 0 Å². The molecule has 4 aromatic rings. The van der Waals surface area contributed by atoms with Gasteiger partial charge in [0, 0.05) is 49.3 Å². The first-order chi connectivity index (χ1) is 16.7. The lowest BCUT2D eigenvalue weighted by atomic mass is 9.88. The molecule has 3 atom stereocenters. The predicted molar refractivity (Wildman–Crippen MR) is 131 cm³/mol. The zero-order valence-electron chi connectivity index (χ0n) is 19.3. The summed E-state index contributed by atoms with van der Waals surface area (Å²) >= 11 is 0. The average molecular weight is 454 g/mol. The van der Waals surface area contributed by atoms with Crippen LogP contribution < -0.4 is 10.1 Å². The maximum Gasteiger partial charge on any atom is 0.317 e. The van der Waals surface area contributed by atoms with Gasteiger partial charge in [-0.05, 0) is 36.2 Å². The number of urea groups is 1. The lowest BCUT2D eigenvalue weighted by Crippen LogP contribution is -2.39. The van der Waals surface area contributed by atoms with E-state index >= 15 is 0 Å². The van der Waals surface area contributed by atoms with Crippen LogP contribution in [-0.2, 0) is 0 Å². The second-order valence-corrected chi connectivity index (χ2v) is 9.00. The van der Waals surface area contributed by atoms with Gasteiger partial charge in [0.2, 0.25) is 5.88 Å². The zero-order valence-corrected chi connectivity index (χ0v) is 19.3. The predicted octanol–water partition coefficient (Wildman–Crippen LogP) is 4.45. The number of ether oxygens (including phenoxy) is 1. The number of benzene rings is 2. The van der Waals surface area contributed by atoms with Crippen molar-refractivity contribution in [3.8, 4) is 17.0 Å². The Morgan fingerprint density at radius 3 is 2.65 bits per heavy atom. The third kappa shape index (κ3) is 3.22. The second kappa shape index (κ2) is 8.17. The van der Waals surface area contributed by atoms with Gasteiger partial charge in [0.05, 0.1) is 24.2 Å². The van der Waals surface area contributed by atoms with Crippen molar-refractivity contribution < 1.29 is 9.53 Å². The summed E-state index contributed by atoms with van der Waals surface area (Å²) in [4.78, 5) is 24.0. The fourth-order valence-electron chi connectivity index (χ4n) is 5.61.